The molecule has 110 valence electrons. The molecule has 0 aliphatic carbocycles. The maximum atomic E-state index is 6.21. The van der Waals surface area contributed by atoms with Crippen LogP contribution in [0.3, 0.4) is 0 Å². The van der Waals surface area contributed by atoms with Gasteiger partial charge in [-0.15, -0.1) is 6.58 Å². The largest absolute Gasteiger partial charge is 0.375 e. The van der Waals surface area contributed by atoms with Gasteiger partial charge in [0.1, 0.15) is 0 Å². The highest BCUT2D eigenvalue weighted by atomic mass is 32.1. The van der Waals surface area contributed by atoms with Crippen molar-refractivity contribution in [1.29, 1.82) is 0 Å². The smallest absolute Gasteiger partial charge is 0.0813 e. The van der Waals surface area contributed by atoms with Crippen LogP contribution in [0.2, 0.25) is 0 Å². The molecule has 1 aromatic heterocycles. The molecule has 3 heterocycles. The zero-order valence-electron chi connectivity index (χ0n) is 11.9. The highest BCUT2D eigenvalue weighted by molar-refractivity contribution is 7.07. The second-order valence-electron chi connectivity index (χ2n) is 5.66. The molecule has 20 heavy (non-hydrogen) atoms. The normalized spacial score (nSPS) is 30.3. The van der Waals surface area contributed by atoms with Crippen LogP contribution in [0.4, 0.5) is 0 Å². The van der Waals surface area contributed by atoms with E-state index in [9.17, 15) is 0 Å². The first-order valence-electron chi connectivity index (χ1n) is 7.46. The van der Waals surface area contributed by atoms with Gasteiger partial charge >= 0.3 is 0 Å². The molecule has 0 unspecified atom stereocenters. The van der Waals surface area contributed by atoms with Crippen LogP contribution >= 0.6 is 11.3 Å². The van der Waals surface area contributed by atoms with Gasteiger partial charge in [-0.05, 0) is 41.7 Å². The SMILES string of the molecule is C=CCOC[C@H]1CC[C@H]2[C@H](CCN2Cc2ccsc2)O1. The number of hydrogen-bond donors (Lipinski definition) is 0. The Morgan fingerprint density at radius 2 is 2.40 bits per heavy atom. The molecule has 2 fully saturated rings. The molecule has 3 atom stereocenters. The number of nitrogens with zero attached hydrogens (tertiary/aromatic N) is 1. The molecule has 4 heteroatoms. The number of hydrogen-bond acceptors (Lipinski definition) is 4. The number of ether oxygens (including phenoxy) is 2. The lowest BCUT2D eigenvalue weighted by atomic mass is 9.99. The number of likely N-dealkylation sites (tertiary alicyclic amines) is 1. The van der Waals surface area contributed by atoms with Crippen molar-refractivity contribution >= 4 is 11.3 Å². The molecule has 1 aromatic rings. The molecule has 0 saturated carbocycles. The summed E-state index contributed by atoms with van der Waals surface area (Å²) in [5, 5.41) is 4.41. The van der Waals surface area contributed by atoms with Crippen molar-refractivity contribution < 1.29 is 9.47 Å². The first-order valence-corrected chi connectivity index (χ1v) is 8.40. The summed E-state index contributed by atoms with van der Waals surface area (Å²) >= 11 is 1.78. The molecule has 2 aliphatic heterocycles. The Morgan fingerprint density at radius 3 is 3.20 bits per heavy atom. The summed E-state index contributed by atoms with van der Waals surface area (Å²) in [6.07, 6.45) is 5.98. The molecule has 0 spiro atoms. The van der Waals surface area contributed by atoms with Crippen LogP contribution in [-0.4, -0.2) is 42.9 Å². The highest BCUT2D eigenvalue weighted by Gasteiger charge is 2.39. The molecule has 3 rings (SSSR count). The zero-order chi connectivity index (χ0) is 13.8. The standard InChI is InChI=1S/C16H23NO2S/c1-2-8-18-11-14-3-4-15-16(19-14)5-7-17(15)10-13-6-9-20-12-13/h2,6,9,12,14-16H,1,3-5,7-8,10-11H2/t14-,15+,16+/m1/s1. The first-order chi connectivity index (χ1) is 9.86. The molecule has 2 aliphatic rings. The maximum absolute atomic E-state index is 6.21. The van der Waals surface area contributed by atoms with Crippen LogP contribution in [0, 0.1) is 0 Å². The lowest BCUT2D eigenvalue weighted by Crippen LogP contribution is -2.43. The van der Waals surface area contributed by atoms with Crippen molar-refractivity contribution in [3.63, 3.8) is 0 Å². The summed E-state index contributed by atoms with van der Waals surface area (Å²) in [6, 6.07) is 2.83. The van der Waals surface area contributed by atoms with E-state index in [-0.39, 0.29) is 6.10 Å². The van der Waals surface area contributed by atoms with E-state index in [1.54, 1.807) is 17.4 Å². The first kappa shape index (κ1) is 14.3. The van der Waals surface area contributed by atoms with Gasteiger partial charge in [-0.25, -0.2) is 0 Å². The summed E-state index contributed by atoms with van der Waals surface area (Å²) in [4.78, 5) is 2.59. The summed E-state index contributed by atoms with van der Waals surface area (Å²) in [5.41, 5.74) is 1.44. The van der Waals surface area contributed by atoms with Crippen molar-refractivity contribution in [1.82, 2.24) is 4.90 Å². The summed E-state index contributed by atoms with van der Waals surface area (Å²) in [7, 11) is 0. The van der Waals surface area contributed by atoms with Gasteiger partial charge in [-0.3, -0.25) is 4.90 Å². The lowest BCUT2D eigenvalue weighted by molar-refractivity contribution is -0.0971. The van der Waals surface area contributed by atoms with Gasteiger partial charge in [-0.1, -0.05) is 6.08 Å². The Hall–Kier alpha value is -0.680. The molecular weight excluding hydrogens is 270 g/mol. The summed E-state index contributed by atoms with van der Waals surface area (Å²) < 4.78 is 11.7. The van der Waals surface area contributed by atoms with Crippen molar-refractivity contribution in [2.45, 2.75) is 44.1 Å². The van der Waals surface area contributed by atoms with Gasteiger partial charge in [-0.2, -0.15) is 11.3 Å². The highest BCUT2D eigenvalue weighted by Crippen LogP contribution is 2.32. The van der Waals surface area contributed by atoms with E-state index in [4.69, 9.17) is 9.47 Å². The quantitative estimate of drug-likeness (QED) is 0.594. The molecule has 0 bridgehead atoms. The average Bonchev–Trinajstić information content (AvgIpc) is 3.10. The van der Waals surface area contributed by atoms with Crippen LogP contribution < -0.4 is 0 Å². The minimum absolute atomic E-state index is 0.275. The van der Waals surface area contributed by atoms with Crippen molar-refractivity contribution in [2.75, 3.05) is 19.8 Å². The molecule has 0 N–H and O–H groups in total. The number of thiophene rings is 1. The van der Waals surface area contributed by atoms with Gasteiger partial charge in [0, 0.05) is 19.1 Å². The van der Waals surface area contributed by atoms with E-state index in [0.29, 0.717) is 25.4 Å². The Balaban J connectivity index is 1.50. The van der Waals surface area contributed by atoms with Crippen LogP contribution in [0.15, 0.2) is 29.5 Å². The molecule has 0 radical (unpaired) electrons. The number of rotatable bonds is 6. The lowest BCUT2D eigenvalue weighted by Gasteiger charge is -2.35. The Kier molecular flexibility index (Phi) is 4.89. The van der Waals surface area contributed by atoms with Crippen molar-refractivity contribution in [3.05, 3.63) is 35.0 Å². The molecule has 0 aromatic carbocycles. The third-order valence-corrected chi connectivity index (χ3v) is 4.99. The van der Waals surface area contributed by atoms with Gasteiger partial charge in [0.05, 0.1) is 25.4 Å². The van der Waals surface area contributed by atoms with Crippen molar-refractivity contribution in [3.8, 4) is 0 Å². The Morgan fingerprint density at radius 1 is 1.45 bits per heavy atom. The van der Waals surface area contributed by atoms with E-state index in [0.717, 1.165) is 25.9 Å². The Bertz CT molecular complexity index is 420. The van der Waals surface area contributed by atoms with Crippen molar-refractivity contribution in [2.24, 2.45) is 0 Å². The van der Waals surface area contributed by atoms with E-state index in [2.05, 4.69) is 28.3 Å². The van der Waals surface area contributed by atoms with Crippen LogP contribution in [0.5, 0.6) is 0 Å². The van der Waals surface area contributed by atoms with E-state index in [1.807, 2.05) is 0 Å². The molecule has 3 nitrogen and oxygen atoms in total. The fraction of sp³-hybridized carbons (Fsp3) is 0.625. The molecular formula is C16H23NO2S. The fourth-order valence-electron chi connectivity index (χ4n) is 3.30. The third kappa shape index (κ3) is 3.31. The number of fused-ring (bicyclic) bond motifs is 1. The monoisotopic (exact) mass is 293 g/mol. The van der Waals surface area contributed by atoms with E-state index < -0.39 is 0 Å². The minimum atomic E-state index is 0.275. The van der Waals surface area contributed by atoms with E-state index in [1.165, 1.54) is 12.0 Å². The Labute approximate surface area is 125 Å². The summed E-state index contributed by atoms with van der Waals surface area (Å²) in [5.74, 6) is 0. The van der Waals surface area contributed by atoms with Crippen LogP contribution in [0.25, 0.3) is 0 Å². The van der Waals surface area contributed by atoms with Gasteiger partial charge in [0.2, 0.25) is 0 Å². The second kappa shape index (κ2) is 6.85. The van der Waals surface area contributed by atoms with Gasteiger partial charge in [0.25, 0.3) is 0 Å². The fourth-order valence-corrected chi connectivity index (χ4v) is 3.96. The van der Waals surface area contributed by atoms with Gasteiger partial charge < -0.3 is 9.47 Å². The molecule has 0 amide bonds. The van der Waals surface area contributed by atoms with Crippen LogP contribution in [0.1, 0.15) is 24.8 Å². The third-order valence-electron chi connectivity index (χ3n) is 4.26. The average molecular weight is 293 g/mol. The predicted molar refractivity (Wildman–Crippen MR) is 82.0 cm³/mol. The molecule has 2 saturated heterocycles. The maximum Gasteiger partial charge on any atom is 0.0813 e. The predicted octanol–water partition coefficient (Wildman–Crippen LogP) is 3.07. The van der Waals surface area contributed by atoms with Crippen LogP contribution in [-0.2, 0) is 16.0 Å². The van der Waals surface area contributed by atoms with Gasteiger partial charge in [0.15, 0.2) is 0 Å². The second-order valence-corrected chi connectivity index (χ2v) is 6.44. The zero-order valence-corrected chi connectivity index (χ0v) is 12.7. The minimum Gasteiger partial charge on any atom is -0.375 e. The topological polar surface area (TPSA) is 21.7 Å². The summed E-state index contributed by atoms with van der Waals surface area (Å²) in [6.45, 7) is 7.23. The van der Waals surface area contributed by atoms with E-state index >= 15 is 0 Å².